The van der Waals surface area contributed by atoms with Gasteiger partial charge in [0, 0.05) is 24.4 Å². The summed E-state index contributed by atoms with van der Waals surface area (Å²) in [4.78, 5) is 16.1. The topological polar surface area (TPSA) is 63.1 Å². The lowest BCUT2D eigenvalue weighted by Gasteiger charge is -2.35. The molecule has 7 heteroatoms. The number of amides is 2. The number of thiophene rings is 1. The van der Waals surface area contributed by atoms with Crippen molar-refractivity contribution in [3.8, 4) is 0 Å². The molecule has 0 spiro atoms. The Hall–Kier alpha value is -1.89. The van der Waals surface area contributed by atoms with Gasteiger partial charge in [0.05, 0.1) is 12.6 Å². The largest absolute Gasteiger partial charge is 0.331 e. The van der Waals surface area contributed by atoms with E-state index in [-0.39, 0.29) is 12.1 Å². The Morgan fingerprint density at radius 2 is 2.30 bits per heavy atom. The van der Waals surface area contributed by atoms with Crippen LogP contribution < -0.4 is 5.32 Å². The highest BCUT2D eigenvalue weighted by atomic mass is 32.1. The molecule has 1 atom stereocenters. The van der Waals surface area contributed by atoms with E-state index in [2.05, 4.69) is 38.5 Å². The van der Waals surface area contributed by atoms with Crippen LogP contribution in [0.15, 0.2) is 11.4 Å². The Labute approximate surface area is 139 Å². The molecule has 1 N–H and O–H groups in total. The number of fused-ring (bicyclic) bond motifs is 2. The van der Waals surface area contributed by atoms with Crippen molar-refractivity contribution < 1.29 is 4.79 Å². The van der Waals surface area contributed by atoms with E-state index in [9.17, 15) is 4.79 Å². The van der Waals surface area contributed by atoms with Crippen LogP contribution in [0.4, 0.5) is 4.79 Å². The van der Waals surface area contributed by atoms with Crippen molar-refractivity contribution in [1.29, 1.82) is 0 Å². The molecule has 0 saturated carbocycles. The minimum atomic E-state index is 0.00375. The zero-order chi connectivity index (χ0) is 15.8. The zero-order valence-corrected chi connectivity index (χ0v) is 14.1. The van der Waals surface area contributed by atoms with Crippen LogP contribution in [0.2, 0.25) is 0 Å². The fourth-order valence-corrected chi connectivity index (χ4v) is 4.61. The molecule has 4 rings (SSSR count). The minimum Gasteiger partial charge on any atom is -0.331 e. The van der Waals surface area contributed by atoms with Crippen LogP contribution in [0, 0.1) is 0 Å². The third-order valence-corrected chi connectivity index (χ3v) is 5.82. The van der Waals surface area contributed by atoms with Gasteiger partial charge >= 0.3 is 6.03 Å². The van der Waals surface area contributed by atoms with Crippen molar-refractivity contribution in [1.82, 2.24) is 25.0 Å². The Kier molecular flexibility index (Phi) is 3.80. The molecule has 2 amide bonds. The lowest BCUT2D eigenvalue weighted by Crippen LogP contribution is -2.45. The Balaban J connectivity index is 1.44. The molecule has 2 aromatic rings. The summed E-state index contributed by atoms with van der Waals surface area (Å²) in [6.07, 6.45) is 4.01. The molecule has 0 bridgehead atoms. The molecule has 0 saturated heterocycles. The van der Waals surface area contributed by atoms with Gasteiger partial charge in [-0.25, -0.2) is 4.79 Å². The molecule has 23 heavy (non-hydrogen) atoms. The van der Waals surface area contributed by atoms with Gasteiger partial charge in [-0.15, -0.1) is 21.5 Å². The van der Waals surface area contributed by atoms with Gasteiger partial charge < -0.3 is 14.8 Å². The van der Waals surface area contributed by atoms with Crippen molar-refractivity contribution in [2.75, 3.05) is 6.54 Å². The van der Waals surface area contributed by atoms with E-state index in [1.807, 2.05) is 4.90 Å². The molecule has 122 valence electrons. The van der Waals surface area contributed by atoms with Crippen molar-refractivity contribution in [3.05, 3.63) is 33.5 Å². The van der Waals surface area contributed by atoms with Gasteiger partial charge in [-0.2, -0.15) is 0 Å². The minimum absolute atomic E-state index is 0.00375. The molecule has 0 aliphatic carbocycles. The van der Waals surface area contributed by atoms with Gasteiger partial charge in [0.15, 0.2) is 5.82 Å². The molecule has 4 heterocycles. The van der Waals surface area contributed by atoms with Crippen molar-refractivity contribution >= 4 is 17.4 Å². The molecule has 2 aliphatic heterocycles. The quantitative estimate of drug-likeness (QED) is 0.940. The molecule has 2 aliphatic rings. The second-order valence-corrected chi connectivity index (χ2v) is 7.11. The first-order valence-electron chi connectivity index (χ1n) is 8.29. The number of hydrogen-bond donors (Lipinski definition) is 1. The normalized spacial score (nSPS) is 19.5. The summed E-state index contributed by atoms with van der Waals surface area (Å²) in [6, 6.07) is 2.36. The SMILES string of the molecule is CCC1c2ccsc2CCN1C(=O)NCc1nnc2n1CCC2. The van der Waals surface area contributed by atoms with E-state index in [1.54, 1.807) is 11.3 Å². The number of aromatic nitrogens is 3. The van der Waals surface area contributed by atoms with Gasteiger partial charge in [0.25, 0.3) is 0 Å². The number of hydrogen-bond acceptors (Lipinski definition) is 4. The highest BCUT2D eigenvalue weighted by molar-refractivity contribution is 7.10. The van der Waals surface area contributed by atoms with E-state index in [4.69, 9.17) is 0 Å². The molecule has 2 aromatic heterocycles. The smallest absolute Gasteiger partial charge is 0.318 e. The van der Waals surface area contributed by atoms with Crippen molar-refractivity contribution in [2.24, 2.45) is 0 Å². The fourth-order valence-electron chi connectivity index (χ4n) is 3.68. The molecule has 0 aromatic carbocycles. The highest BCUT2D eigenvalue weighted by Gasteiger charge is 2.30. The third kappa shape index (κ3) is 2.52. The van der Waals surface area contributed by atoms with Crippen LogP contribution >= 0.6 is 11.3 Å². The van der Waals surface area contributed by atoms with Crippen LogP contribution in [0.1, 0.15) is 47.9 Å². The summed E-state index contributed by atoms with van der Waals surface area (Å²) in [6.45, 7) is 4.35. The number of carbonyl (C=O) groups is 1. The lowest BCUT2D eigenvalue weighted by molar-refractivity contribution is 0.167. The Bertz CT molecular complexity index is 722. The average Bonchev–Trinajstić information content (AvgIpc) is 3.27. The predicted octanol–water partition coefficient (Wildman–Crippen LogP) is 2.50. The standard InChI is InChI=1S/C16H21N5OS/c1-2-12-11-6-9-23-13(11)5-8-20(12)16(22)17-10-15-19-18-14-4-3-7-21(14)15/h6,9,12H,2-5,7-8,10H2,1H3,(H,17,22). The molecule has 6 nitrogen and oxygen atoms in total. The first kappa shape index (κ1) is 14.7. The van der Waals surface area contributed by atoms with E-state index >= 15 is 0 Å². The van der Waals surface area contributed by atoms with Crippen LogP contribution in [0.25, 0.3) is 0 Å². The monoisotopic (exact) mass is 331 g/mol. The maximum absolute atomic E-state index is 12.7. The van der Waals surface area contributed by atoms with Gasteiger partial charge in [0.1, 0.15) is 5.82 Å². The predicted molar refractivity (Wildman–Crippen MR) is 88.3 cm³/mol. The van der Waals surface area contributed by atoms with Gasteiger partial charge in [-0.1, -0.05) is 6.92 Å². The molecule has 1 unspecified atom stereocenters. The second-order valence-electron chi connectivity index (χ2n) is 6.11. The van der Waals surface area contributed by atoms with Crippen molar-refractivity contribution in [3.63, 3.8) is 0 Å². The van der Waals surface area contributed by atoms with E-state index in [0.29, 0.717) is 6.54 Å². The summed E-state index contributed by atoms with van der Waals surface area (Å²) in [5.41, 5.74) is 1.32. The first-order chi connectivity index (χ1) is 11.3. The number of carbonyl (C=O) groups excluding carboxylic acids is 1. The van der Waals surface area contributed by atoms with Gasteiger partial charge in [-0.05, 0) is 36.3 Å². The maximum Gasteiger partial charge on any atom is 0.318 e. The average molecular weight is 331 g/mol. The lowest BCUT2D eigenvalue weighted by atomic mass is 9.98. The number of urea groups is 1. The Morgan fingerprint density at radius 1 is 1.39 bits per heavy atom. The maximum atomic E-state index is 12.7. The third-order valence-electron chi connectivity index (χ3n) is 4.83. The summed E-state index contributed by atoms with van der Waals surface area (Å²) in [7, 11) is 0. The molecular weight excluding hydrogens is 310 g/mol. The summed E-state index contributed by atoms with van der Waals surface area (Å²) in [5.74, 6) is 1.91. The second kappa shape index (κ2) is 5.96. The highest BCUT2D eigenvalue weighted by Crippen LogP contribution is 2.35. The number of nitrogens with one attached hydrogen (secondary N) is 1. The van der Waals surface area contributed by atoms with Gasteiger partial charge in [0.2, 0.25) is 0 Å². The van der Waals surface area contributed by atoms with Gasteiger partial charge in [-0.3, -0.25) is 0 Å². The molecule has 0 fully saturated rings. The van der Waals surface area contributed by atoms with Crippen LogP contribution in [-0.2, 0) is 25.9 Å². The van der Waals surface area contributed by atoms with E-state index in [0.717, 1.165) is 50.4 Å². The number of aryl methyl sites for hydroxylation is 1. The molecular formula is C16H21N5OS. The van der Waals surface area contributed by atoms with E-state index < -0.39 is 0 Å². The van der Waals surface area contributed by atoms with Crippen LogP contribution in [0.3, 0.4) is 0 Å². The number of nitrogens with zero attached hydrogens (tertiary/aromatic N) is 4. The van der Waals surface area contributed by atoms with E-state index in [1.165, 1.54) is 10.4 Å². The zero-order valence-electron chi connectivity index (χ0n) is 13.3. The summed E-state index contributed by atoms with van der Waals surface area (Å²) < 4.78 is 2.13. The molecule has 0 radical (unpaired) electrons. The van der Waals surface area contributed by atoms with Crippen molar-refractivity contribution in [2.45, 2.75) is 51.7 Å². The summed E-state index contributed by atoms with van der Waals surface area (Å²) >= 11 is 1.80. The van der Waals surface area contributed by atoms with Crippen LogP contribution in [-0.4, -0.2) is 32.2 Å². The van der Waals surface area contributed by atoms with Crippen LogP contribution in [0.5, 0.6) is 0 Å². The fraction of sp³-hybridized carbons (Fsp3) is 0.562. The summed E-state index contributed by atoms with van der Waals surface area (Å²) in [5, 5.41) is 13.6. The first-order valence-corrected chi connectivity index (χ1v) is 9.17. The Morgan fingerprint density at radius 3 is 3.17 bits per heavy atom. The number of rotatable bonds is 3.